The lowest BCUT2D eigenvalue weighted by Gasteiger charge is -2.34. The third-order valence-corrected chi connectivity index (χ3v) is 4.90. The molecule has 0 saturated carbocycles. The number of alkyl halides is 3. The van der Waals surface area contributed by atoms with E-state index in [1.165, 1.54) is 6.07 Å². The van der Waals surface area contributed by atoms with Crippen molar-refractivity contribution in [3.8, 4) is 0 Å². The molecule has 0 N–H and O–H groups in total. The van der Waals surface area contributed by atoms with Gasteiger partial charge in [0, 0.05) is 18.5 Å². The second-order valence-electron chi connectivity index (χ2n) is 8.16. The molecular formula is C20H22F3N5O. The lowest BCUT2D eigenvalue weighted by atomic mass is 9.96. The maximum absolute atomic E-state index is 13.1. The summed E-state index contributed by atoms with van der Waals surface area (Å²) in [6.45, 7) is 7.52. The molecule has 1 aromatic carbocycles. The summed E-state index contributed by atoms with van der Waals surface area (Å²) in [6.07, 6.45) is -4.85. The zero-order valence-electron chi connectivity index (χ0n) is 16.4. The molecule has 4 rings (SSSR count). The number of aromatic nitrogens is 4. The van der Waals surface area contributed by atoms with Crippen molar-refractivity contribution in [3.05, 3.63) is 53.3 Å². The minimum absolute atomic E-state index is 0.226. The van der Waals surface area contributed by atoms with E-state index in [2.05, 4.69) is 10.2 Å². The summed E-state index contributed by atoms with van der Waals surface area (Å²) < 4.78 is 46.6. The van der Waals surface area contributed by atoms with Crippen LogP contribution in [0.3, 0.4) is 0 Å². The molecule has 0 amide bonds. The molecule has 154 valence electrons. The van der Waals surface area contributed by atoms with Gasteiger partial charge in [-0.25, -0.2) is 0 Å². The average molecular weight is 405 g/mol. The van der Waals surface area contributed by atoms with Crippen LogP contribution >= 0.6 is 0 Å². The van der Waals surface area contributed by atoms with Crippen molar-refractivity contribution in [2.45, 2.75) is 38.5 Å². The highest BCUT2D eigenvalue weighted by Gasteiger charge is 2.32. The first-order chi connectivity index (χ1) is 13.6. The number of anilines is 1. The molecule has 1 aliphatic rings. The van der Waals surface area contributed by atoms with Crippen LogP contribution in [0.5, 0.6) is 0 Å². The molecule has 1 fully saturated rings. The molecule has 29 heavy (non-hydrogen) atoms. The highest BCUT2D eigenvalue weighted by atomic mass is 19.4. The van der Waals surface area contributed by atoms with Crippen LogP contribution in [-0.4, -0.2) is 39.5 Å². The Morgan fingerprint density at radius 3 is 2.59 bits per heavy atom. The van der Waals surface area contributed by atoms with Crippen LogP contribution in [0.15, 0.2) is 36.4 Å². The first-order valence-electron chi connectivity index (χ1n) is 9.39. The lowest BCUT2D eigenvalue weighted by Crippen LogP contribution is -2.39. The molecule has 0 radical (unpaired) electrons. The van der Waals surface area contributed by atoms with Gasteiger partial charge in [-0.2, -0.15) is 17.7 Å². The van der Waals surface area contributed by atoms with Gasteiger partial charge in [0.15, 0.2) is 11.5 Å². The summed E-state index contributed by atoms with van der Waals surface area (Å²) in [4.78, 5) is 2.01. The van der Waals surface area contributed by atoms with Crippen LogP contribution in [0.25, 0.3) is 5.65 Å². The van der Waals surface area contributed by atoms with Crippen molar-refractivity contribution in [2.75, 3.05) is 24.6 Å². The van der Waals surface area contributed by atoms with Gasteiger partial charge in [-0.15, -0.1) is 15.3 Å². The normalized spacial score (nSPS) is 18.4. The Bertz CT molecular complexity index is 1020. The van der Waals surface area contributed by atoms with Crippen LogP contribution in [0, 0.1) is 0 Å². The van der Waals surface area contributed by atoms with Crippen molar-refractivity contribution >= 4 is 11.5 Å². The highest BCUT2D eigenvalue weighted by Crippen LogP contribution is 2.33. The van der Waals surface area contributed by atoms with Crippen LogP contribution in [0.2, 0.25) is 0 Å². The summed E-state index contributed by atoms with van der Waals surface area (Å²) in [6, 6.07) is 9.00. The predicted octanol–water partition coefficient (Wildman–Crippen LogP) is 4.02. The minimum atomic E-state index is -4.38. The molecule has 1 unspecified atom stereocenters. The SMILES string of the molecule is CC(C)(C)c1nnc2ccc(N3CCOC(c4cccc(C(F)(F)F)c4)C3)nn12. The van der Waals surface area contributed by atoms with Crippen molar-refractivity contribution < 1.29 is 17.9 Å². The van der Waals surface area contributed by atoms with Crippen LogP contribution in [-0.2, 0) is 16.3 Å². The maximum atomic E-state index is 13.1. The van der Waals surface area contributed by atoms with E-state index < -0.39 is 17.8 Å². The Hall–Kier alpha value is -2.68. The zero-order valence-corrected chi connectivity index (χ0v) is 16.4. The van der Waals surface area contributed by atoms with Gasteiger partial charge < -0.3 is 9.64 Å². The molecule has 1 atom stereocenters. The summed E-state index contributed by atoms with van der Waals surface area (Å²) >= 11 is 0. The Morgan fingerprint density at radius 1 is 1.07 bits per heavy atom. The summed E-state index contributed by atoms with van der Waals surface area (Å²) in [5, 5.41) is 13.1. The van der Waals surface area contributed by atoms with Crippen LogP contribution in [0.4, 0.5) is 19.0 Å². The molecule has 1 aliphatic heterocycles. The van der Waals surface area contributed by atoms with Gasteiger partial charge in [0.2, 0.25) is 0 Å². The van der Waals surface area contributed by atoms with Crippen LogP contribution < -0.4 is 4.90 Å². The summed E-state index contributed by atoms with van der Waals surface area (Å²) in [5.41, 5.74) is 0.262. The third-order valence-electron chi connectivity index (χ3n) is 4.90. The maximum Gasteiger partial charge on any atom is 0.416 e. The van der Waals surface area contributed by atoms with E-state index >= 15 is 0 Å². The van der Waals surface area contributed by atoms with Crippen LogP contribution in [0.1, 0.15) is 43.8 Å². The topological polar surface area (TPSA) is 55.5 Å². The van der Waals surface area contributed by atoms with E-state index in [-0.39, 0.29) is 5.41 Å². The second kappa shape index (κ2) is 6.98. The molecule has 1 saturated heterocycles. The average Bonchev–Trinajstić information content (AvgIpc) is 3.11. The van der Waals surface area contributed by atoms with Crippen molar-refractivity contribution in [1.29, 1.82) is 0 Å². The second-order valence-corrected chi connectivity index (χ2v) is 8.16. The Balaban J connectivity index is 1.62. The first-order valence-corrected chi connectivity index (χ1v) is 9.39. The number of hydrogen-bond acceptors (Lipinski definition) is 5. The van der Waals surface area contributed by atoms with E-state index in [1.54, 1.807) is 10.6 Å². The van der Waals surface area contributed by atoms with Gasteiger partial charge in [-0.05, 0) is 29.8 Å². The Kier molecular flexibility index (Phi) is 4.72. The molecule has 2 aromatic heterocycles. The van der Waals surface area contributed by atoms with E-state index in [0.29, 0.717) is 36.7 Å². The largest absolute Gasteiger partial charge is 0.416 e. The number of halogens is 3. The monoisotopic (exact) mass is 405 g/mol. The van der Waals surface area contributed by atoms with Gasteiger partial charge in [0.25, 0.3) is 0 Å². The predicted molar refractivity (Wildman–Crippen MR) is 102 cm³/mol. The standard InChI is InChI=1S/C20H22F3N5O/c1-19(2,3)18-25-24-16-7-8-17(26-28(16)18)27-9-10-29-15(12-27)13-5-4-6-14(11-13)20(21,22)23/h4-8,11,15H,9-10,12H2,1-3H3. The first kappa shape index (κ1) is 19.6. The number of fused-ring (bicyclic) bond motifs is 1. The Labute approximate surface area is 166 Å². The van der Waals surface area contributed by atoms with Gasteiger partial charge in [-0.3, -0.25) is 0 Å². The smallest absolute Gasteiger partial charge is 0.370 e. The summed E-state index contributed by atoms with van der Waals surface area (Å²) in [7, 11) is 0. The number of nitrogens with zero attached hydrogens (tertiary/aromatic N) is 5. The van der Waals surface area contributed by atoms with E-state index in [1.807, 2.05) is 37.8 Å². The van der Waals surface area contributed by atoms with Gasteiger partial charge in [0.05, 0.1) is 12.2 Å². The van der Waals surface area contributed by atoms with E-state index in [0.717, 1.165) is 18.0 Å². The fourth-order valence-corrected chi connectivity index (χ4v) is 3.39. The third kappa shape index (κ3) is 3.91. The number of benzene rings is 1. The summed E-state index contributed by atoms with van der Waals surface area (Å²) in [5.74, 6) is 1.46. The minimum Gasteiger partial charge on any atom is -0.370 e. The lowest BCUT2D eigenvalue weighted by molar-refractivity contribution is -0.137. The van der Waals surface area contributed by atoms with Crippen molar-refractivity contribution in [1.82, 2.24) is 19.8 Å². The molecular weight excluding hydrogens is 383 g/mol. The molecule has 0 spiro atoms. The van der Waals surface area contributed by atoms with Crippen molar-refractivity contribution in [3.63, 3.8) is 0 Å². The molecule has 9 heteroatoms. The molecule has 0 aliphatic carbocycles. The van der Waals surface area contributed by atoms with E-state index in [4.69, 9.17) is 9.84 Å². The fourth-order valence-electron chi connectivity index (χ4n) is 3.39. The quantitative estimate of drug-likeness (QED) is 0.645. The van der Waals surface area contributed by atoms with Crippen molar-refractivity contribution in [2.24, 2.45) is 0 Å². The number of rotatable bonds is 2. The van der Waals surface area contributed by atoms with Gasteiger partial charge >= 0.3 is 6.18 Å². The number of morpholine rings is 1. The molecule has 3 aromatic rings. The van der Waals surface area contributed by atoms with Gasteiger partial charge in [0.1, 0.15) is 11.9 Å². The van der Waals surface area contributed by atoms with E-state index in [9.17, 15) is 13.2 Å². The number of ether oxygens (including phenoxy) is 1. The fraction of sp³-hybridized carbons (Fsp3) is 0.450. The Morgan fingerprint density at radius 2 is 1.86 bits per heavy atom. The highest BCUT2D eigenvalue weighted by molar-refractivity contribution is 5.47. The number of hydrogen-bond donors (Lipinski definition) is 0. The zero-order chi connectivity index (χ0) is 20.8. The van der Waals surface area contributed by atoms with Gasteiger partial charge in [-0.1, -0.05) is 32.9 Å². The molecule has 3 heterocycles. The molecule has 0 bridgehead atoms. The molecule has 6 nitrogen and oxygen atoms in total.